The molecule has 0 amide bonds. The van der Waals surface area contributed by atoms with Gasteiger partial charge in [-0.15, -0.1) is 5.10 Å². The van der Waals surface area contributed by atoms with Gasteiger partial charge in [-0.2, -0.15) is 11.3 Å². The monoisotopic (exact) mass is 193 g/mol. The summed E-state index contributed by atoms with van der Waals surface area (Å²) >= 11 is 1.74. The third-order valence-electron chi connectivity index (χ3n) is 1.90. The number of hydrogen-bond acceptors (Lipinski definition) is 3. The van der Waals surface area contributed by atoms with Gasteiger partial charge >= 0.3 is 0 Å². The molecule has 0 aliphatic rings. The quantitative estimate of drug-likeness (QED) is 0.742. The summed E-state index contributed by atoms with van der Waals surface area (Å²) in [6.07, 6.45) is 4.00. The van der Waals surface area contributed by atoms with Gasteiger partial charge < -0.3 is 0 Å². The molecule has 0 saturated carbocycles. The summed E-state index contributed by atoms with van der Waals surface area (Å²) < 4.78 is 1.74. The largest absolute Gasteiger partial charge is 0.255 e. The molecule has 0 aromatic carbocycles. The second kappa shape index (κ2) is 3.70. The molecule has 3 nitrogen and oxygen atoms in total. The van der Waals surface area contributed by atoms with Crippen molar-refractivity contribution in [1.29, 1.82) is 0 Å². The molecule has 0 saturated heterocycles. The Hall–Kier alpha value is -1.16. The molecule has 2 heterocycles. The van der Waals surface area contributed by atoms with E-state index in [4.69, 9.17) is 0 Å². The van der Waals surface area contributed by atoms with Crippen LogP contribution in [-0.4, -0.2) is 15.0 Å². The molecule has 4 heteroatoms. The minimum Gasteiger partial charge on any atom is -0.255 e. The van der Waals surface area contributed by atoms with Crippen molar-refractivity contribution in [1.82, 2.24) is 15.0 Å². The van der Waals surface area contributed by atoms with Crippen molar-refractivity contribution in [3.8, 4) is 0 Å². The Morgan fingerprint density at radius 3 is 3.00 bits per heavy atom. The Balaban J connectivity index is 1.93. The summed E-state index contributed by atoms with van der Waals surface area (Å²) in [6, 6.07) is 2.15. The van der Waals surface area contributed by atoms with Gasteiger partial charge in [0.05, 0.1) is 5.69 Å². The molecule has 0 atom stereocenters. The van der Waals surface area contributed by atoms with E-state index in [1.165, 1.54) is 5.56 Å². The van der Waals surface area contributed by atoms with Crippen LogP contribution in [0.2, 0.25) is 0 Å². The first-order valence-electron chi connectivity index (χ1n) is 4.21. The fourth-order valence-corrected chi connectivity index (χ4v) is 1.92. The number of nitrogens with zero attached hydrogens (tertiary/aromatic N) is 3. The maximum atomic E-state index is 4.03. The van der Waals surface area contributed by atoms with Crippen molar-refractivity contribution in [2.75, 3.05) is 0 Å². The van der Waals surface area contributed by atoms with Gasteiger partial charge in [-0.05, 0) is 35.2 Å². The van der Waals surface area contributed by atoms with Gasteiger partial charge in [0, 0.05) is 13.2 Å². The molecule has 2 rings (SSSR count). The fourth-order valence-electron chi connectivity index (χ4n) is 1.22. The summed E-state index contributed by atoms with van der Waals surface area (Å²) in [5, 5.41) is 12.2. The predicted molar refractivity (Wildman–Crippen MR) is 52.7 cm³/mol. The van der Waals surface area contributed by atoms with Gasteiger partial charge in [0.25, 0.3) is 0 Å². The molecule has 0 fully saturated rings. The Labute approximate surface area is 81.0 Å². The van der Waals surface area contributed by atoms with E-state index in [2.05, 4.69) is 27.1 Å². The van der Waals surface area contributed by atoms with Crippen LogP contribution in [0, 0.1) is 0 Å². The van der Waals surface area contributed by atoms with Gasteiger partial charge in [-0.1, -0.05) is 5.21 Å². The third kappa shape index (κ3) is 2.15. The Kier molecular flexibility index (Phi) is 2.40. The summed E-state index contributed by atoms with van der Waals surface area (Å²) in [6.45, 7) is 0. The molecule has 2 aromatic heterocycles. The number of rotatable bonds is 3. The third-order valence-corrected chi connectivity index (χ3v) is 2.63. The van der Waals surface area contributed by atoms with Crippen LogP contribution < -0.4 is 0 Å². The molecule has 0 aliphatic heterocycles. The fraction of sp³-hybridized carbons (Fsp3) is 0.333. The van der Waals surface area contributed by atoms with Crippen LogP contribution in [0.5, 0.6) is 0 Å². The molecule has 0 radical (unpaired) electrons. The van der Waals surface area contributed by atoms with Crippen LogP contribution in [0.15, 0.2) is 23.0 Å². The highest BCUT2D eigenvalue weighted by Gasteiger charge is 1.99. The van der Waals surface area contributed by atoms with Crippen LogP contribution in [-0.2, 0) is 19.9 Å². The summed E-state index contributed by atoms with van der Waals surface area (Å²) in [5.41, 5.74) is 2.45. The first-order valence-corrected chi connectivity index (χ1v) is 5.15. The number of aromatic nitrogens is 3. The van der Waals surface area contributed by atoms with Crippen LogP contribution in [0.4, 0.5) is 0 Å². The van der Waals surface area contributed by atoms with Crippen molar-refractivity contribution in [2.45, 2.75) is 12.8 Å². The maximum Gasteiger partial charge on any atom is 0.0830 e. The maximum absolute atomic E-state index is 4.03. The average molecular weight is 193 g/mol. The SMILES string of the molecule is Cn1cc(CCc2ccsc2)nn1. The highest BCUT2D eigenvalue weighted by molar-refractivity contribution is 7.07. The lowest BCUT2D eigenvalue weighted by atomic mass is 10.1. The zero-order valence-corrected chi connectivity index (χ0v) is 8.29. The van der Waals surface area contributed by atoms with E-state index in [9.17, 15) is 0 Å². The molecule has 0 aliphatic carbocycles. The molecule has 2 aromatic rings. The molecule has 0 unspecified atom stereocenters. The predicted octanol–water partition coefficient (Wildman–Crippen LogP) is 1.66. The summed E-state index contributed by atoms with van der Waals surface area (Å²) in [7, 11) is 1.89. The Bertz CT molecular complexity index is 364. The van der Waals surface area contributed by atoms with E-state index in [-0.39, 0.29) is 0 Å². The molecule has 68 valence electrons. The van der Waals surface area contributed by atoms with E-state index in [1.807, 2.05) is 13.2 Å². The molecular formula is C9H11N3S. The number of thiophene rings is 1. The van der Waals surface area contributed by atoms with Crippen LogP contribution in [0.1, 0.15) is 11.3 Å². The Morgan fingerprint density at radius 1 is 1.46 bits per heavy atom. The highest BCUT2D eigenvalue weighted by Crippen LogP contribution is 2.08. The highest BCUT2D eigenvalue weighted by atomic mass is 32.1. The van der Waals surface area contributed by atoms with E-state index in [1.54, 1.807) is 16.0 Å². The smallest absolute Gasteiger partial charge is 0.0830 e. The van der Waals surface area contributed by atoms with Crippen molar-refractivity contribution < 1.29 is 0 Å². The minimum absolute atomic E-state index is 0.977. The average Bonchev–Trinajstić information content (AvgIpc) is 2.71. The normalized spacial score (nSPS) is 10.5. The van der Waals surface area contributed by atoms with E-state index >= 15 is 0 Å². The Morgan fingerprint density at radius 2 is 2.38 bits per heavy atom. The first-order chi connectivity index (χ1) is 6.34. The van der Waals surface area contributed by atoms with E-state index in [0.29, 0.717) is 0 Å². The molecule has 0 spiro atoms. The molecule has 0 N–H and O–H groups in total. The van der Waals surface area contributed by atoms with Gasteiger partial charge in [-0.25, -0.2) is 0 Å². The zero-order chi connectivity index (χ0) is 9.10. The topological polar surface area (TPSA) is 30.7 Å². The zero-order valence-electron chi connectivity index (χ0n) is 7.47. The van der Waals surface area contributed by atoms with Crippen LogP contribution in [0.25, 0.3) is 0 Å². The second-order valence-corrected chi connectivity index (χ2v) is 3.80. The summed E-state index contributed by atoms with van der Waals surface area (Å²) in [4.78, 5) is 0. The lowest BCUT2D eigenvalue weighted by molar-refractivity contribution is 0.713. The van der Waals surface area contributed by atoms with Crippen molar-refractivity contribution in [2.24, 2.45) is 7.05 Å². The van der Waals surface area contributed by atoms with Crippen LogP contribution >= 0.6 is 11.3 Å². The van der Waals surface area contributed by atoms with E-state index in [0.717, 1.165) is 18.5 Å². The van der Waals surface area contributed by atoms with E-state index < -0.39 is 0 Å². The first kappa shape index (κ1) is 8.44. The van der Waals surface area contributed by atoms with Crippen molar-refractivity contribution in [3.63, 3.8) is 0 Å². The van der Waals surface area contributed by atoms with Crippen molar-refractivity contribution >= 4 is 11.3 Å². The second-order valence-electron chi connectivity index (χ2n) is 3.02. The molecule has 13 heavy (non-hydrogen) atoms. The van der Waals surface area contributed by atoms with Gasteiger partial charge in [-0.3, -0.25) is 4.68 Å². The van der Waals surface area contributed by atoms with Gasteiger partial charge in [0.1, 0.15) is 0 Å². The minimum atomic E-state index is 0.977. The van der Waals surface area contributed by atoms with Gasteiger partial charge in [0.2, 0.25) is 0 Å². The van der Waals surface area contributed by atoms with Crippen molar-refractivity contribution in [3.05, 3.63) is 34.3 Å². The summed E-state index contributed by atoms with van der Waals surface area (Å²) in [5.74, 6) is 0. The molecule has 0 bridgehead atoms. The van der Waals surface area contributed by atoms with Crippen LogP contribution in [0.3, 0.4) is 0 Å². The van der Waals surface area contributed by atoms with Gasteiger partial charge in [0.15, 0.2) is 0 Å². The number of aryl methyl sites for hydroxylation is 3. The standard InChI is InChI=1S/C9H11N3S/c1-12-6-9(10-11-12)3-2-8-4-5-13-7-8/h4-7H,2-3H2,1H3. The molecular weight excluding hydrogens is 182 g/mol. The lowest BCUT2D eigenvalue weighted by Gasteiger charge is -1.92. The lowest BCUT2D eigenvalue weighted by Crippen LogP contribution is -1.89. The number of hydrogen-bond donors (Lipinski definition) is 0.